The number of rotatable bonds is 2. The Balaban J connectivity index is 1.17. The molecule has 0 saturated carbocycles. The SMILES string of the molecule is O=c1[nH]cnc2c1ncn2[C@@H]1O[C@@H]2COP(O)(=S)OC3C(O)[C@H](n4cnc5cc(Cl)c(Cl)cc54)O[C@@H]3COP(=O)(S)OC2C1O. The van der Waals surface area contributed by atoms with Crippen LogP contribution in [-0.4, -0.2) is 94.0 Å². The van der Waals surface area contributed by atoms with E-state index < -0.39 is 81.4 Å². The summed E-state index contributed by atoms with van der Waals surface area (Å²) < 4.78 is 50.6. The summed E-state index contributed by atoms with van der Waals surface area (Å²) in [5, 5.41) is 23.1. The Morgan fingerprint density at radius 1 is 0.956 bits per heavy atom. The first kappa shape index (κ1) is 32.1. The maximum atomic E-state index is 13.4. The van der Waals surface area contributed by atoms with Gasteiger partial charge in [0, 0.05) is 0 Å². The Morgan fingerprint density at radius 3 is 2.31 bits per heavy atom. The van der Waals surface area contributed by atoms with Crippen LogP contribution in [0.3, 0.4) is 0 Å². The zero-order valence-corrected chi connectivity index (χ0v) is 27.3. The molecule has 0 amide bonds. The summed E-state index contributed by atoms with van der Waals surface area (Å²) in [5.74, 6) is 0. The van der Waals surface area contributed by atoms with E-state index in [1.165, 1.54) is 27.9 Å². The third kappa shape index (κ3) is 5.92. The molecule has 45 heavy (non-hydrogen) atoms. The number of hydrogen-bond donors (Lipinski definition) is 5. The van der Waals surface area contributed by atoms with E-state index in [0.29, 0.717) is 11.0 Å². The van der Waals surface area contributed by atoms with Crippen LogP contribution >= 0.6 is 49.0 Å². The zero-order chi connectivity index (χ0) is 31.8. The Morgan fingerprint density at radius 2 is 1.58 bits per heavy atom. The van der Waals surface area contributed by atoms with Gasteiger partial charge in [-0.05, 0) is 23.9 Å². The first-order valence-electron chi connectivity index (χ1n) is 13.0. The summed E-state index contributed by atoms with van der Waals surface area (Å²) in [7, 11) is 0. The number of benzene rings is 1. The van der Waals surface area contributed by atoms with E-state index in [4.69, 9.17) is 62.6 Å². The largest absolute Gasteiger partial charge is 0.386 e. The summed E-state index contributed by atoms with van der Waals surface area (Å²) >= 11 is 21.6. The number of aliphatic hydroxyl groups excluding tert-OH is 2. The molecule has 6 heterocycles. The quantitative estimate of drug-likeness (QED) is 0.147. The fourth-order valence-corrected chi connectivity index (χ4v) is 8.66. The maximum Gasteiger partial charge on any atom is 0.386 e. The van der Waals surface area contributed by atoms with Crippen molar-refractivity contribution in [1.82, 2.24) is 29.1 Å². The molecule has 0 spiro atoms. The lowest BCUT2D eigenvalue weighted by molar-refractivity contribution is -0.0576. The summed E-state index contributed by atoms with van der Waals surface area (Å²) in [6, 6.07) is 3.08. The molecule has 3 fully saturated rings. The van der Waals surface area contributed by atoms with Gasteiger partial charge in [0.2, 0.25) is 0 Å². The second-order valence-corrected chi connectivity index (χ2v) is 16.7. The smallest absolute Gasteiger partial charge is 0.386 e. The maximum absolute atomic E-state index is 13.4. The monoisotopic (exact) mass is 742 g/mol. The molecule has 1 aromatic carbocycles. The van der Waals surface area contributed by atoms with Gasteiger partial charge in [-0.1, -0.05) is 35.5 Å². The average molecular weight is 743 g/mol. The molecule has 17 nitrogen and oxygen atoms in total. The van der Waals surface area contributed by atoms with Gasteiger partial charge in [0.25, 0.3) is 5.56 Å². The predicted molar refractivity (Wildman–Crippen MR) is 162 cm³/mol. The topological polar surface area (TPSA) is 215 Å². The number of aliphatic hydroxyl groups is 2. The number of hydrogen-bond acceptors (Lipinski definition) is 14. The second-order valence-electron chi connectivity index (χ2n) is 10.2. The van der Waals surface area contributed by atoms with Crippen molar-refractivity contribution in [2.24, 2.45) is 0 Å². The highest BCUT2D eigenvalue weighted by molar-refractivity contribution is 8.44. The number of aromatic nitrogens is 6. The molecule has 0 aliphatic carbocycles. The number of aromatic amines is 1. The standard InChI is InChI=1S/C22H22Cl2N6O11P2S2/c23-8-1-10-11(2-9(8)24)29(6-27-10)21-15(31)17-12(38-21)3-36-43(35,45)41-18-13(4-37-42(34,44)40-17)39-22(16(18)32)30-7-28-14-19(30)25-5-26-20(14)33/h1-2,5-7,12-13,15-18,21-22,31-32H,3-4H2,(H,34,44)(H,35,45)(H,25,26,33)/t12-,13-,15?,16?,17?,18?,21-,22-,42?,43?/m1/s1. The van der Waals surface area contributed by atoms with E-state index in [2.05, 4.69) is 32.2 Å². The van der Waals surface area contributed by atoms with Gasteiger partial charge in [0.1, 0.15) is 36.6 Å². The van der Waals surface area contributed by atoms with E-state index in [1.807, 2.05) is 0 Å². The van der Waals surface area contributed by atoms with Crippen molar-refractivity contribution in [1.29, 1.82) is 0 Å². The zero-order valence-electron chi connectivity index (χ0n) is 22.3. The van der Waals surface area contributed by atoms with E-state index in [0.717, 1.165) is 6.33 Å². The van der Waals surface area contributed by atoms with E-state index in [9.17, 15) is 24.5 Å². The summed E-state index contributed by atoms with van der Waals surface area (Å²) in [6.07, 6.45) is -6.79. The lowest BCUT2D eigenvalue weighted by atomic mass is 10.1. The minimum absolute atomic E-state index is 0.0159. The number of thiol groups is 1. The van der Waals surface area contributed by atoms with Crippen LogP contribution in [0.4, 0.5) is 0 Å². The second kappa shape index (κ2) is 11.9. The van der Waals surface area contributed by atoms with Crippen molar-refractivity contribution < 1.29 is 47.2 Å². The highest BCUT2D eigenvalue weighted by Crippen LogP contribution is 2.58. The third-order valence-corrected chi connectivity index (χ3v) is 11.4. The van der Waals surface area contributed by atoms with Crippen molar-refractivity contribution in [3.63, 3.8) is 0 Å². The van der Waals surface area contributed by atoms with Gasteiger partial charge < -0.3 is 38.7 Å². The molecule has 3 aliphatic rings. The van der Waals surface area contributed by atoms with Gasteiger partial charge in [-0.3, -0.25) is 22.9 Å². The average Bonchev–Trinajstić information content (AvgIpc) is 3.73. The van der Waals surface area contributed by atoms with Gasteiger partial charge in [0.05, 0.1) is 53.3 Å². The number of halogens is 2. The summed E-state index contributed by atoms with van der Waals surface area (Å²) in [4.78, 5) is 37.9. The van der Waals surface area contributed by atoms with Crippen molar-refractivity contribution in [3.05, 3.63) is 51.5 Å². The van der Waals surface area contributed by atoms with Crippen molar-refractivity contribution in [2.45, 2.75) is 49.1 Å². The van der Waals surface area contributed by atoms with Crippen LogP contribution < -0.4 is 5.56 Å². The van der Waals surface area contributed by atoms with Crippen LogP contribution in [0.25, 0.3) is 22.2 Å². The summed E-state index contributed by atoms with van der Waals surface area (Å²) in [6.45, 7) is -9.48. The van der Waals surface area contributed by atoms with Crippen LogP contribution in [0.1, 0.15) is 12.5 Å². The van der Waals surface area contributed by atoms with Crippen LogP contribution in [0.2, 0.25) is 10.0 Å². The van der Waals surface area contributed by atoms with Crippen LogP contribution in [-0.2, 0) is 43.9 Å². The highest BCUT2D eigenvalue weighted by atomic mass is 35.5. The summed E-state index contributed by atoms with van der Waals surface area (Å²) in [5.41, 5.74) is 0.481. The van der Waals surface area contributed by atoms with E-state index in [1.54, 1.807) is 6.07 Å². The molecule has 23 heteroatoms. The fourth-order valence-electron chi connectivity index (χ4n) is 5.41. The molecule has 10 atom stereocenters. The lowest BCUT2D eigenvalue weighted by Gasteiger charge is -2.29. The molecule has 0 bridgehead atoms. The van der Waals surface area contributed by atoms with Crippen LogP contribution in [0.5, 0.6) is 0 Å². The Labute approximate surface area is 272 Å². The minimum atomic E-state index is -4.28. The van der Waals surface area contributed by atoms with Crippen molar-refractivity contribution in [2.75, 3.05) is 13.2 Å². The molecule has 242 valence electrons. The number of fused-ring (bicyclic) bond motifs is 4. The lowest BCUT2D eigenvalue weighted by Crippen LogP contribution is -2.38. The number of ether oxygens (including phenoxy) is 2. The molecule has 0 radical (unpaired) electrons. The van der Waals surface area contributed by atoms with Gasteiger partial charge in [-0.25, -0.2) is 19.5 Å². The normalized spacial score (nSPS) is 37.7. The van der Waals surface area contributed by atoms with Crippen LogP contribution in [0.15, 0.2) is 35.9 Å². The molecular weight excluding hydrogens is 721 g/mol. The molecule has 6 unspecified atom stereocenters. The van der Waals surface area contributed by atoms with E-state index in [-0.39, 0.29) is 21.2 Å². The number of imidazole rings is 2. The predicted octanol–water partition coefficient (Wildman–Crippen LogP) is 2.06. The molecule has 4 aromatic rings. The van der Waals surface area contributed by atoms with Gasteiger partial charge in [-0.15, -0.1) is 0 Å². The number of nitrogens with zero attached hydrogens (tertiary/aromatic N) is 5. The highest BCUT2D eigenvalue weighted by Gasteiger charge is 2.52. The first-order valence-corrected chi connectivity index (χ1v) is 19.1. The Bertz CT molecular complexity index is 1950. The third-order valence-electron chi connectivity index (χ3n) is 7.46. The molecule has 4 N–H and O–H groups in total. The van der Waals surface area contributed by atoms with Crippen LogP contribution in [0, 0.1) is 0 Å². The van der Waals surface area contributed by atoms with Gasteiger partial charge >= 0.3 is 13.5 Å². The van der Waals surface area contributed by atoms with Gasteiger partial charge in [0.15, 0.2) is 23.6 Å². The Kier molecular flexibility index (Phi) is 8.46. The van der Waals surface area contributed by atoms with Crippen molar-refractivity contribution in [3.8, 4) is 0 Å². The van der Waals surface area contributed by atoms with Gasteiger partial charge in [-0.2, -0.15) is 0 Å². The molecule has 3 aliphatic heterocycles. The van der Waals surface area contributed by atoms with E-state index >= 15 is 0 Å². The molecule has 7 rings (SSSR count). The number of H-pyrrole nitrogens is 1. The first-order chi connectivity index (χ1) is 21.3. The number of nitrogens with one attached hydrogen (secondary N) is 1. The van der Waals surface area contributed by atoms with Crippen molar-refractivity contribution >= 4 is 83.0 Å². The molecular formula is C22H22Cl2N6O11P2S2. The molecule has 3 aromatic heterocycles. The molecule has 3 saturated heterocycles. The Hall–Kier alpha value is -1.51. The minimum Gasteiger partial charge on any atom is -0.386 e. The fraction of sp³-hybridized carbons (Fsp3) is 0.455.